The fourth-order valence-electron chi connectivity index (χ4n) is 1.53. The Balaban J connectivity index is 2.37. The fraction of sp³-hybridized carbons (Fsp3) is 0.364. The van der Waals surface area contributed by atoms with Crippen molar-refractivity contribution in [3.8, 4) is 0 Å². The SMILES string of the molecule is Cc1ccc2c(c1)NCC(C)C(=O)N2. The zero-order valence-electron chi connectivity index (χ0n) is 8.42. The second-order valence-electron chi connectivity index (χ2n) is 3.82. The first kappa shape index (κ1) is 9.06. The van der Waals surface area contributed by atoms with Gasteiger partial charge in [0.2, 0.25) is 5.91 Å². The molecule has 0 spiro atoms. The summed E-state index contributed by atoms with van der Waals surface area (Å²) in [7, 11) is 0. The van der Waals surface area contributed by atoms with E-state index in [0.29, 0.717) is 6.54 Å². The smallest absolute Gasteiger partial charge is 0.229 e. The highest BCUT2D eigenvalue weighted by molar-refractivity contribution is 5.97. The van der Waals surface area contributed by atoms with Crippen molar-refractivity contribution < 1.29 is 4.79 Å². The van der Waals surface area contributed by atoms with Crippen molar-refractivity contribution >= 4 is 17.3 Å². The molecule has 0 radical (unpaired) electrons. The molecular weight excluding hydrogens is 176 g/mol. The largest absolute Gasteiger partial charge is 0.383 e. The number of carbonyl (C=O) groups is 1. The van der Waals surface area contributed by atoms with Crippen LogP contribution in [0.4, 0.5) is 11.4 Å². The molecule has 0 saturated carbocycles. The highest BCUT2D eigenvalue weighted by atomic mass is 16.1. The molecule has 1 heterocycles. The Labute approximate surface area is 83.5 Å². The lowest BCUT2D eigenvalue weighted by molar-refractivity contribution is -0.118. The summed E-state index contributed by atoms with van der Waals surface area (Å²) in [5, 5.41) is 6.16. The van der Waals surface area contributed by atoms with Crippen molar-refractivity contribution in [1.82, 2.24) is 0 Å². The van der Waals surface area contributed by atoms with Crippen LogP contribution < -0.4 is 10.6 Å². The third kappa shape index (κ3) is 1.58. The number of amides is 1. The molecule has 1 aliphatic heterocycles. The Bertz CT molecular complexity index is 374. The molecule has 14 heavy (non-hydrogen) atoms. The third-order valence-electron chi connectivity index (χ3n) is 2.48. The van der Waals surface area contributed by atoms with Gasteiger partial charge in [-0.3, -0.25) is 4.79 Å². The maximum absolute atomic E-state index is 11.5. The Kier molecular flexibility index (Phi) is 2.15. The van der Waals surface area contributed by atoms with Crippen molar-refractivity contribution in [3.05, 3.63) is 23.8 Å². The number of fused-ring (bicyclic) bond motifs is 1. The number of anilines is 2. The minimum atomic E-state index is 0.0164. The van der Waals surface area contributed by atoms with Crippen molar-refractivity contribution in [2.75, 3.05) is 17.2 Å². The predicted octanol–water partition coefficient (Wildman–Crippen LogP) is 2.00. The van der Waals surface area contributed by atoms with Crippen LogP contribution in [-0.4, -0.2) is 12.5 Å². The molecule has 1 unspecified atom stereocenters. The minimum Gasteiger partial charge on any atom is -0.383 e. The maximum atomic E-state index is 11.5. The first-order chi connectivity index (χ1) is 6.66. The summed E-state index contributed by atoms with van der Waals surface area (Å²) in [4.78, 5) is 11.5. The van der Waals surface area contributed by atoms with Crippen molar-refractivity contribution in [2.24, 2.45) is 5.92 Å². The summed E-state index contributed by atoms with van der Waals surface area (Å²) in [5.74, 6) is 0.0998. The number of benzene rings is 1. The second kappa shape index (κ2) is 3.33. The summed E-state index contributed by atoms with van der Waals surface area (Å²) in [6.45, 7) is 4.65. The summed E-state index contributed by atoms with van der Waals surface area (Å²) in [6, 6.07) is 5.98. The molecule has 3 heteroatoms. The van der Waals surface area contributed by atoms with Gasteiger partial charge in [-0.05, 0) is 24.6 Å². The van der Waals surface area contributed by atoms with Gasteiger partial charge in [-0.2, -0.15) is 0 Å². The molecule has 0 fully saturated rings. The van der Waals surface area contributed by atoms with E-state index in [-0.39, 0.29) is 11.8 Å². The zero-order chi connectivity index (χ0) is 10.1. The molecule has 2 N–H and O–H groups in total. The van der Waals surface area contributed by atoms with Crippen LogP contribution >= 0.6 is 0 Å². The van der Waals surface area contributed by atoms with E-state index in [1.807, 2.05) is 32.0 Å². The van der Waals surface area contributed by atoms with E-state index in [9.17, 15) is 4.79 Å². The van der Waals surface area contributed by atoms with Gasteiger partial charge < -0.3 is 10.6 Å². The van der Waals surface area contributed by atoms with Gasteiger partial charge in [0.25, 0.3) is 0 Å². The topological polar surface area (TPSA) is 41.1 Å². The van der Waals surface area contributed by atoms with Crippen LogP contribution in [0.1, 0.15) is 12.5 Å². The average molecular weight is 190 g/mol. The van der Waals surface area contributed by atoms with Gasteiger partial charge in [0.05, 0.1) is 17.3 Å². The van der Waals surface area contributed by atoms with E-state index in [1.165, 1.54) is 5.56 Å². The molecular formula is C11H14N2O. The van der Waals surface area contributed by atoms with Gasteiger partial charge in [-0.15, -0.1) is 0 Å². The second-order valence-corrected chi connectivity index (χ2v) is 3.82. The summed E-state index contributed by atoms with van der Waals surface area (Å²) in [6.07, 6.45) is 0. The molecule has 1 amide bonds. The number of carbonyl (C=O) groups excluding carboxylic acids is 1. The molecule has 1 aromatic carbocycles. The fourth-order valence-corrected chi connectivity index (χ4v) is 1.53. The molecule has 0 aromatic heterocycles. The molecule has 1 aromatic rings. The molecule has 1 atom stereocenters. The Morgan fingerprint density at radius 3 is 2.93 bits per heavy atom. The number of hydrogen-bond donors (Lipinski definition) is 2. The van der Waals surface area contributed by atoms with Gasteiger partial charge in [0, 0.05) is 6.54 Å². The Hall–Kier alpha value is -1.51. The standard InChI is InChI=1S/C11H14N2O/c1-7-3-4-9-10(5-7)12-6-8(2)11(14)13-9/h3-5,8,12H,6H2,1-2H3,(H,13,14). The van der Waals surface area contributed by atoms with Crippen LogP contribution in [0, 0.1) is 12.8 Å². The van der Waals surface area contributed by atoms with Crippen molar-refractivity contribution in [3.63, 3.8) is 0 Å². The number of aryl methyl sites for hydroxylation is 1. The van der Waals surface area contributed by atoms with E-state index in [4.69, 9.17) is 0 Å². The normalized spacial score (nSPS) is 20.4. The maximum Gasteiger partial charge on any atom is 0.229 e. The van der Waals surface area contributed by atoms with Gasteiger partial charge in [-0.25, -0.2) is 0 Å². The molecule has 0 saturated heterocycles. The number of hydrogen-bond acceptors (Lipinski definition) is 2. The summed E-state index contributed by atoms with van der Waals surface area (Å²) < 4.78 is 0. The average Bonchev–Trinajstić information content (AvgIpc) is 2.29. The van der Waals surface area contributed by atoms with Crippen LogP contribution in [0.2, 0.25) is 0 Å². The molecule has 0 bridgehead atoms. The van der Waals surface area contributed by atoms with Crippen LogP contribution in [0.15, 0.2) is 18.2 Å². The number of rotatable bonds is 0. The van der Waals surface area contributed by atoms with E-state index < -0.39 is 0 Å². The van der Waals surface area contributed by atoms with Gasteiger partial charge in [0.1, 0.15) is 0 Å². The summed E-state index contributed by atoms with van der Waals surface area (Å²) >= 11 is 0. The first-order valence-corrected chi connectivity index (χ1v) is 4.82. The Morgan fingerprint density at radius 2 is 2.14 bits per heavy atom. The van der Waals surface area contributed by atoms with E-state index in [1.54, 1.807) is 0 Å². The van der Waals surface area contributed by atoms with E-state index in [0.717, 1.165) is 11.4 Å². The molecule has 74 valence electrons. The van der Waals surface area contributed by atoms with E-state index >= 15 is 0 Å². The lowest BCUT2D eigenvalue weighted by Crippen LogP contribution is -2.22. The van der Waals surface area contributed by atoms with Crippen LogP contribution in [0.25, 0.3) is 0 Å². The highest BCUT2D eigenvalue weighted by Crippen LogP contribution is 2.26. The van der Waals surface area contributed by atoms with E-state index in [2.05, 4.69) is 10.6 Å². The lowest BCUT2D eigenvalue weighted by atomic mass is 10.2. The minimum absolute atomic E-state index is 0.0164. The zero-order valence-corrected chi connectivity index (χ0v) is 8.42. The third-order valence-corrected chi connectivity index (χ3v) is 2.48. The van der Waals surface area contributed by atoms with Crippen LogP contribution in [-0.2, 0) is 4.79 Å². The highest BCUT2D eigenvalue weighted by Gasteiger charge is 2.18. The van der Waals surface area contributed by atoms with Crippen molar-refractivity contribution in [2.45, 2.75) is 13.8 Å². The molecule has 1 aliphatic rings. The quantitative estimate of drug-likeness (QED) is 0.657. The van der Waals surface area contributed by atoms with Crippen LogP contribution in [0.3, 0.4) is 0 Å². The predicted molar refractivity (Wildman–Crippen MR) is 57.5 cm³/mol. The van der Waals surface area contributed by atoms with Crippen molar-refractivity contribution in [1.29, 1.82) is 0 Å². The lowest BCUT2D eigenvalue weighted by Gasteiger charge is -2.07. The Morgan fingerprint density at radius 1 is 1.36 bits per heavy atom. The first-order valence-electron chi connectivity index (χ1n) is 4.82. The van der Waals surface area contributed by atoms with Gasteiger partial charge in [-0.1, -0.05) is 13.0 Å². The van der Waals surface area contributed by atoms with Crippen LogP contribution in [0.5, 0.6) is 0 Å². The summed E-state index contributed by atoms with van der Waals surface area (Å²) in [5.41, 5.74) is 3.09. The molecule has 0 aliphatic carbocycles. The number of nitrogens with one attached hydrogen (secondary N) is 2. The monoisotopic (exact) mass is 190 g/mol. The molecule has 2 rings (SSSR count). The molecule has 3 nitrogen and oxygen atoms in total. The van der Waals surface area contributed by atoms with Gasteiger partial charge in [0.15, 0.2) is 0 Å². The van der Waals surface area contributed by atoms with Gasteiger partial charge >= 0.3 is 0 Å².